The minimum Gasteiger partial charge on any atom is -0.480 e. The number of para-hydroxylation sites is 1. The van der Waals surface area contributed by atoms with E-state index < -0.39 is 58.5 Å². The second kappa shape index (κ2) is 12.0. The average molecular weight is 524 g/mol. The molecule has 2 aromatic rings. The Labute approximate surface area is 203 Å². The normalized spacial score (nSPS) is 12.1. The number of amides is 3. The van der Waals surface area contributed by atoms with Gasteiger partial charge in [-0.3, -0.25) is 4.79 Å². The van der Waals surface area contributed by atoms with Crippen LogP contribution in [-0.2, 0) is 4.74 Å². The van der Waals surface area contributed by atoms with Crippen molar-refractivity contribution < 1.29 is 41.0 Å². The maximum atomic E-state index is 14.8. The number of likely N-dealkylation sites (N-methyl/N-ethyl adjacent to an activating group) is 1. The number of urea groups is 1. The summed E-state index contributed by atoms with van der Waals surface area (Å²) >= 11 is 5.87. The summed E-state index contributed by atoms with van der Waals surface area (Å²) < 4.78 is 78.1. The van der Waals surface area contributed by atoms with Crippen LogP contribution in [0.3, 0.4) is 0 Å². The summed E-state index contributed by atoms with van der Waals surface area (Å²) in [5, 5.41) is 4.15. The largest absolute Gasteiger partial charge is 0.480 e. The van der Waals surface area contributed by atoms with Crippen molar-refractivity contribution in [2.45, 2.75) is 26.1 Å². The molecular formula is C22H23ClF5N3O4. The number of benzene rings is 2. The Hall–Kier alpha value is -3.12. The summed E-state index contributed by atoms with van der Waals surface area (Å²) in [6, 6.07) is 4.10. The van der Waals surface area contributed by atoms with E-state index in [2.05, 4.69) is 10.6 Å². The molecule has 1 atom stereocenters. The van der Waals surface area contributed by atoms with Crippen LogP contribution in [0.4, 0.5) is 38.1 Å². The van der Waals surface area contributed by atoms with Crippen LogP contribution >= 0.6 is 11.6 Å². The van der Waals surface area contributed by atoms with Crippen molar-refractivity contribution in [3.63, 3.8) is 0 Å². The third kappa shape index (κ3) is 7.43. The molecule has 35 heavy (non-hydrogen) atoms. The Kier molecular flexibility index (Phi) is 9.66. The molecule has 0 heterocycles. The third-order valence-electron chi connectivity index (χ3n) is 4.76. The first-order chi connectivity index (χ1) is 16.4. The van der Waals surface area contributed by atoms with E-state index >= 15 is 0 Å². The minimum absolute atomic E-state index is 0.165. The van der Waals surface area contributed by atoms with Gasteiger partial charge in [-0.15, -0.1) is 0 Å². The molecule has 0 aliphatic carbocycles. The lowest BCUT2D eigenvalue weighted by Crippen LogP contribution is -2.37. The highest BCUT2D eigenvalue weighted by Gasteiger charge is 2.39. The van der Waals surface area contributed by atoms with Gasteiger partial charge in [-0.1, -0.05) is 17.7 Å². The summed E-state index contributed by atoms with van der Waals surface area (Å²) in [4.78, 5) is 26.5. The molecule has 0 bridgehead atoms. The minimum atomic E-state index is -4.82. The van der Waals surface area contributed by atoms with E-state index in [1.807, 2.05) is 0 Å². The molecule has 0 spiro atoms. The zero-order valence-electron chi connectivity index (χ0n) is 18.9. The molecule has 0 saturated carbocycles. The molecule has 0 radical (unpaired) electrons. The molecule has 0 saturated heterocycles. The number of rotatable bonds is 9. The highest BCUT2D eigenvalue weighted by molar-refractivity contribution is 6.34. The van der Waals surface area contributed by atoms with Gasteiger partial charge >= 0.3 is 12.2 Å². The lowest BCUT2D eigenvalue weighted by atomic mass is 10.1. The molecule has 0 fully saturated rings. The number of ether oxygens (including phenoxy) is 2. The maximum Gasteiger partial charge on any atom is 0.425 e. The first kappa shape index (κ1) is 28.1. The van der Waals surface area contributed by atoms with Crippen LogP contribution in [-0.4, -0.2) is 55.9 Å². The van der Waals surface area contributed by atoms with E-state index in [0.717, 1.165) is 12.1 Å². The molecule has 2 rings (SSSR count). The zero-order chi connectivity index (χ0) is 26.3. The Morgan fingerprint density at radius 1 is 1.14 bits per heavy atom. The zero-order valence-corrected chi connectivity index (χ0v) is 19.7. The van der Waals surface area contributed by atoms with Crippen LogP contribution in [0.25, 0.3) is 0 Å². The van der Waals surface area contributed by atoms with Gasteiger partial charge in [-0.25, -0.2) is 13.6 Å². The van der Waals surface area contributed by atoms with Crippen molar-refractivity contribution in [1.82, 2.24) is 4.90 Å². The van der Waals surface area contributed by atoms with Crippen molar-refractivity contribution in [3.05, 3.63) is 52.6 Å². The van der Waals surface area contributed by atoms with Gasteiger partial charge in [0.25, 0.3) is 5.91 Å². The monoisotopic (exact) mass is 523 g/mol. The van der Waals surface area contributed by atoms with E-state index in [0.29, 0.717) is 13.0 Å². The number of hydrogen-bond donors (Lipinski definition) is 2. The van der Waals surface area contributed by atoms with Gasteiger partial charge in [-0.05, 0) is 32.0 Å². The lowest BCUT2D eigenvalue weighted by molar-refractivity contribution is -0.189. The number of hydrogen-bond acceptors (Lipinski definition) is 4. The Morgan fingerprint density at radius 2 is 1.83 bits per heavy atom. The predicted molar refractivity (Wildman–Crippen MR) is 120 cm³/mol. The van der Waals surface area contributed by atoms with E-state index in [1.54, 1.807) is 6.92 Å². The highest BCUT2D eigenvalue weighted by Crippen LogP contribution is 2.33. The van der Waals surface area contributed by atoms with Crippen LogP contribution in [0.5, 0.6) is 5.75 Å². The fraction of sp³-hybridized carbons (Fsp3) is 0.364. The first-order valence-corrected chi connectivity index (χ1v) is 10.6. The van der Waals surface area contributed by atoms with Gasteiger partial charge in [0, 0.05) is 26.3 Å². The van der Waals surface area contributed by atoms with Gasteiger partial charge in [0.1, 0.15) is 17.4 Å². The molecule has 0 aliphatic heterocycles. The number of nitrogens with one attached hydrogen (secondary N) is 2. The summed E-state index contributed by atoms with van der Waals surface area (Å²) in [6.07, 6.45) is -7.21. The van der Waals surface area contributed by atoms with Gasteiger partial charge in [-0.2, -0.15) is 13.2 Å². The molecule has 192 valence electrons. The number of anilines is 2. The van der Waals surface area contributed by atoms with Crippen molar-refractivity contribution in [1.29, 1.82) is 0 Å². The lowest BCUT2D eigenvalue weighted by Gasteiger charge is -2.23. The van der Waals surface area contributed by atoms with Crippen LogP contribution in [0.2, 0.25) is 5.02 Å². The summed E-state index contributed by atoms with van der Waals surface area (Å²) in [7, 11) is 1.43. The molecule has 3 amide bonds. The molecular weight excluding hydrogens is 501 g/mol. The maximum absolute atomic E-state index is 14.8. The molecule has 2 aromatic carbocycles. The van der Waals surface area contributed by atoms with Gasteiger partial charge in [0.2, 0.25) is 0 Å². The SMILES string of the molecule is CCN(CCOC)C(=O)Nc1cc(OC(C)C(F)(F)F)c(C(=O)Nc2c(F)cccc2Cl)cc1F. The van der Waals surface area contributed by atoms with Crippen molar-refractivity contribution in [2.75, 3.05) is 37.4 Å². The van der Waals surface area contributed by atoms with Gasteiger partial charge in [0.15, 0.2) is 6.10 Å². The number of alkyl halides is 3. The third-order valence-corrected chi connectivity index (χ3v) is 5.07. The Bertz CT molecular complexity index is 1050. The highest BCUT2D eigenvalue weighted by atomic mass is 35.5. The van der Waals surface area contributed by atoms with Crippen molar-refractivity contribution in [3.8, 4) is 5.75 Å². The van der Waals surface area contributed by atoms with Gasteiger partial charge < -0.3 is 25.0 Å². The molecule has 13 heteroatoms. The molecule has 1 unspecified atom stereocenters. The van der Waals surface area contributed by atoms with E-state index in [1.165, 1.54) is 24.1 Å². The predicted octanol–water partition coefficient (Wildman–Crippen LogP) is 5.70. The van der Waals surface area contributed by atoms with Crippen LogP contribution in [0, 0.1) is 11.6 Å². The topological polar surface area (TPSA) is 79.9 Å². The first-order valence-electron chi connectivity index (χ1n) is 10.3. The number of nitrogens with zero attached hydrogens (tertiary/aromatic N) is 1. The standard InChI is InChI=1S/C22H23ClF5N3O4/c1-4-31(8-9-34-3)21(33)29-17-11-18(35-12(2)22(26,27)28)13(10-16(17)25)20(32)30-19-14(23)6-5-7-15(19)24/h5-7,10-12H,4,8-9H2,1-3H3,(H,29,33)(H,30,32). The smallest absolute Gasteiger partial charge is 0.425 e. The molecule has 0 aromatic heterocycles. The number of halogens is 6. The van der Waals surface area contributed by atoms with Crippen LogP contribution in [0.15, 0.2) is 30.3 Å². The van der Waals surface area contributed by atoms with Gasteiger partial charge in [0.05, 0.1) is 28.6 Å². The Morgan fingerprint density at radius 3 is 2.40 bits per heavy atom. The Balaban J connectivity index is 2.45. The second-order valence-electron chi connectivity index (χ2n) is 7.18. The fourth-order valence-corrected chi connectivity index (χ4v) is 2.99. The average Bonchev–Trinajstić information content (AvgIpc) is 2.78. The molecule has 2 N–H and O–H groups in total. The van der Waals surface area contributed by atoms with Crippen molar-refractivity contribution >= 4 is 34.9 Å². The molecule has 0 aliphatic rings. The van der Waals surface area contributed by atoms with Crippen LogP contribution < -0.4 is 15.4 Å². The number of carbonyl (C=O) groups excluding carboxylic acids is 2. The second-order valence-corrected chi connectivity index (χ2v) is 7.59. The summed E-state index contributed by atoms with van der Waals surface area (Å²) in [6.45, 7) is 2.93. The number of methoxy groups -OCH3 is 1. The quantitative estimate of drug-likeness (QED) is 0.413. The van der Waals surface area contributed by atoms with E-state index in [4.69, 9.17) is 21.1 Å². The number of carbonyl (C=O) groups is 2. The van der Waals surface area contributed by atoms with E-state index in [-0.39, 0.29) is 24.7 Å². The fourth-order valence-electron chi connectivity index (χ4n) is 2.78. The summed E-state index contributed by atoms with van der Waals surface area (Å²) in [5.41, 5.74) is -1.66. The molecule has 7 nitrogen and oxygen atoms in total. The van der Waals surface area contributed by atoms with Crippen molar-refractivity contribution in [2.24, 2.45) is 0 Å². The van der Waals surface area contributed by atoms with E-state index in [9.17, 15) is 31.5 Å². The van der Waals surface area contributed by atoms with Crippen LogP contribution in [0.1, 0.15) is 24.2 Å². The summed E-state index contributed by atoms with van der Waals surface area (Å²) in [5.74, 6) is -3.94.